The number of rotatable bonds is 4. The number of nitrogens with zero attached hydrogens (tertiary/aromatic N) is 1. The summed E-state index contributed by atoms with van der Waals surface area (Å²) in [5, 5.41) is 12.0. The smallest absolute Gasteiger partial charge is 0.321 e. The molecule has 2 rings (SSSR count). The maximum Gasteiger partial charge on any atom is 0.321 e. The van der Waals surface area contributed by atoms with Gasteiger partial charge in [-0.05, 0) is 31.4 Å². The Morgan fingerprint density at radius 3 is 2.86 bits per heavy atom. The van der Waals surface area contributed by atoms with E-state index >= 15 is 0 Å². The third-order valence-corrected chi connectivity index (χ3v) is 3.69. The van der Waals surface area contributed by atoms with E-state index in [9.17, 15) is 9.59 Å². The molecule has 1 aliphatic rings. The molecule has 1 aromatic rings. The first-order valence-corrected chi connectivity index (χ1v) is 7.51. The highest BCUT2D eigenvalue weighted by molar-refractivity contribution is 5.90. The summed E-state index contributed by atoms with van der Waals surface area (Å²) in [6.07, 6.45) is 0.610. The number of carboxylic acid groups (broad SMARTS) is 1. The molecule has 22 heavy (non-hydrogen) atoms. The number of benzene rings is 1. The molecule has 2 N–H and O–H groups in total. The number of hydrogen-bond donors (Lipinski definition) is 2. The first-order chi connectivity index (χ1) is 10.5. The Balaban J connectivity index is 2.01. The number of likely N-dealkylation sites (tertiary alicyclic amines) is 1. The molecule has 0 bridgehead atoms. The summed E-state index contributed by atoms with van der Waals surface area (Å²) in [6, 6.07) is 6.89. The average Bonchev–Trinajstić information content (AvgIpc) is 2.47. The highest BCUT2D eigenvalue weighted by Crippen LogP contribution is 2.23. The molecule has 1 aliphatic heterocycles. The number of urea groups is 1. The molecule has 0 aliphatic carbocycles. The largest absolute Gasteiger partial charge is 0.494 e. The zero-order valence-electron chi connectivity index (χ0n) is 12.9. The second kappa shape index (κ2) is 7.15. The van der Waals surface area contributed by atoms with E-state index < -0.39 is 11.9 Å². The second-order valence-corrected chi connectivity index (χ2v) is 5.67. The van der Waals surface area contributed by atoms with Gasteiger partial charge in [-0.25, -0.2) is 4.79 Å². The molecule has 2 unspecified atom stereocenters. The van der Waals surface area contributed by atoms with Crippen LogP contribution in [0.25, 0.3) is 0 Å². The minimum absolute atomic E-state index is 0.176. The number of anilines is 1. The van der Waals surface area contributed by atoms with Crippen molar-refractivity contribution < 1.29 is 19.4 Å². The van der Waals surface area contributed by atoms with E-state index in [1.165, 1.54) is 0 Å². The van der Waals surface area contributed by atoms with Crippen LogP contribution in [0.2, 0.25) is 0 Å². The van der Waals surface area contributed by atoms with E-state index in [0.717, 1.165) is 0 Å². The van der Waals surface area contributed by atoms with Crippen molar-refractivity contribution in [3.8, 4) is 5.75 Å². The highest BCUT2D eigenvalue weighted by atomic mass is 16.5. The zero-order valence-corrected chi connectivity index (χ0v) is 12.9. The Morgan fingerprint density at radius 2 is 2.18 bits per heavy atom. The molecule has 0 aromatic heterocycles. The third-order valence-electron chi connectivity index (χ3n) is 3.69. The van der Waals surface area contributed by atoms with Crippen LogP contribution in [0, 0.1) is 11.8 Å². The first-order valence-electron chi connectivity index (χ1n) is 7.51. The topological polar surface area (TPSA) is 78.9 Å². The van der Waals surface area contributed by atoms with Gasteiger partial charge in [0.2, 0.25) is 0 Å². The van der Waals surface area contributed by atoms with E-state index in [2.05, 4.69) is 5.32 Å². The summed E-state index contributed by atoms with van der Waals surface area (Å²) in [7, 11) is 0. The van der Waals surface area contributed by atoms with Crippen molar-refractivity contribution in [3.63, 3.8) is 0 Å². The van der Waals surface area contributed by atoms with Gasteiger partial charge in [-0.3, -0.25) is 4.79 Å². The quantitative estimate of drug-likeness (QED) is 0.896. The van der Waals surface area contributed by atoms with Crippen molar-refractivity contribution in [1.29, 1.82) is 0 Å². The molecule has 1 fully saturated rings. The van der Waals surface area contributed by atoms with Gasteiger partial charge in [0.15, 0.2) is 0 Å². The first kappa shape index (κ1) is 16.1. The van der Waals surface area contributed by atoms with Crippen LogP contribution in [0.4, 0.5) is 10.5 Å². The predicted octanol–water partition coefficient (Wildman–Crippen LogP) is 2.66. The van der Waals surface area contributed by atoms with Gasteiger partial charge in [0.25, 0.3) is 0 Å². The van der Waals surface area contributed by atoms with E-state index in [0.29, 0.717) is 31.0 Å². The third kappa shape index (κ3) is 4.13. The van der Waals surface area contributed by atoms with Crippen molar-refractivity contribution in [2.24, 2.45) is 11.8 Å². The lowest BCUT2D eigenvalue weighted by Crippen LogP contribution is -2.47. The van der Waals surface area contributed by atoms with E-state index in [1.807, 2.05) is 19.9 Å². The second-order valence-electron chi connectivity index (χ2n) is 5.67. The fourth-order valence-electron chi connectivity index (χ4n) is 2.73. The maximum absolute atomic E-state index is 12.3. The molecule has 6 heteroatoms. The number of carbonyl (C=O) groups is 2. The van der Waals surface area contributed by atoms with Crippen LogP contribution < -0.4 is 10.1 Å². The summed E-state index contributed by atoms with van der Waals surface area (Å²) in [6.45, 7) is 5.23. The Morgan fingerprint density at radius 1 is 1.41 bits per heavy atom. The number of piperidine rings is 1. The van der Waals surface area contributed by atoms with Gasteiger partial charge in [-0.2, -0.15) is 0 Å². The van der Waals surface area contributed by atoms with Crippen molar-refractivity contribution in [1.82, 2.24) is 4.90 Å². The minimum Gasteiger partial charge on any atom is -0.494 e. The molecule has 1 heterocycles. The number of nitrogens with one attached hydrogen (secondary N) is 1. The molecule has 1 aromatic carbocycles. The lowest BCUT2D eigenvalue weighted by molar-refractivity contribution is -0.143. The normalized spacial score (nSPS) is 21.3. The van der Waals surface area contributed by atoms with Crippen LogP contribution in [0.15, 0.2) is 24.3 Å². The van der Waals surface area contributed by atoms with Gasteiger partial charge >= 0.3 is 12.0 Å². The Bertz CT molecular complexity index is 547. The van der Waals surface area contributed by atoms with Gasteiger partial charge in [0, 0.05) is 24.8 Å². The number of ether oxygens (including phenoxy) is 1. The lowest BCUT2D eigenvalue weighted by atomic mass is 9.91. The number of carboxylic acids is 1. The van der Waals surface area contributed by atoms with Crippen LogP contribution in [0.1, 0.15) is 20.3 Å². The van der Waals surface area contributed by atoms with Gasteiger partial charge < -0.3 is 20.1 Å². The fraction of sp³-hybridized carbons (Fsp3) is 0.500. The zero-order chi connectivity index (χ0) is 16.1. The van der Waals surface area contributed by atoms with Crippen LogP contribution in [-0.2, 0) is 4.79 Å². The molecule has 0 saturated carbocycles. The van der Waals surface area contributed by atoms with E-state index in [-0.39, 0.29) is 18.5 Å². The number of hydrogen-bond acceptors (Lipinski definition) is 3. The molecular weight excluding hydrogens is 284 g/mol. The Hall–Kier alpha value is -2.24. The molecule has 1 saturated heterocycles. The van der Waals surface area contributed by atoms with Crippen molar-refractivity contribution >= 4 is 17.7 Å². The number of aliphatic carboxylic acids is 1. The molecule has 2 amide bonds. The van der Waals surface area contributed by atoms with Gasteiger partial charge in [-0.15, -0.1) is 0 Å². The van der Waals surface area contributed by atoms with E-state index in [1.54, 1.807) is 23.1 Å². The van der Waals surface area contributed by atoms with Crippen LogP contribution >= 0.6 is 0 Å². The molecular formula is C16H22N2O4. The Kier molecular flexibility index (Phi) is 5.25. The summed E-state index contributed by atoms with van der Waals surface area (Å²) >= 11 is 0. The van der Waals surface area contributed by atoms with Crippen LogP contribution in [-0.4, -0.2) is 41.7 Å². The highest BCUT2D eigenvalue weighted by Gasteiger charge is 2.31. The van der Waals surface area contributed by atoms with Crippen molar-refractivity contribution in [2.75, 3.05) is 25.0 Å². The summed E-state index contributed by atoms with van der Waals surface area (Å²) in [5.74, 6) is -0.474. The average molecular weight is 306 g/mol. The van der Waals surface area contributed by atoms with Crippen molar-refractivity contribution in [2.45, 2.75) is 20.3 Å². The summed E-state index contributed by atoms with van der Waals surface area (Å²) in [4.78, 5) is 25.1. The molecule has 120 valence electrons. The summed E-state index contributed by atoms with van der Waals surface area (Å²) < 4.78 is 5.40. The molecule has 0 spiro atoms. The molecule has 6 nitrogen and oxygen atoms in total. The summed E-state index contributed by atoms with van der Waals surface area (Å²) in [5.41, 5.74) is 0.640. The lowest BCUT2D eigenvalue weighted by Gasteiger charge is -2.34. The predicted molar refractivity (Wildman–Crippen MR) is 83.1 cm³/mol. The van der Waals surface area contributed by atoms with E-state index in [4.69, 9.17) is 9.84 Å². The number of amides is 2. The molecule has 0 radical (unpaired) electrons. The Labute approximate surface area is 130 Å². The SMILES string of the molecule is CCOc1cccc(NC(=O)N2CC(C)CC(C(=O)O)C2)c1. The van der Waals surface area contributed by atoms with Gasteiger partial charge in [0.1, 0.15) is 5.75 Å². The van der Waals surface area contributed by atoms with Crippen LogP contribution in [0.3, 0.4) is 0 Å². The van der Waals surface area contributed by atoms with Crippen molar-refractivity contribution in [3.05, 3.63) is 24.3 Å². The van der Waals surface area contributed by atoms with Crippen LogP contribution in [0.5, 0.6) is 5.75 Å². The van der Waals surface area contributed by atoms with Gasteiger partial charge in [-0.1, -0.05) is 13.0 Å². The van der Waals surface area contributed by atoms with Gasteiger partial charge in [0.05, 0.1) is 12.5 Å². The maximum atomic E-state index is 12.3. The number of carbonyl (C=O) groups excluding carboxylic acids is 1. The minimum atomic E-state index is -0.845. The molecule has 2 atom stereocenters. The standard InChI is InChI=1S/C16H22N2O4/c1-3-22-14-6-4-5-13(8-14)17-16(21)18-9-11(2)7-12(10-18)15(19)20/h4-6,8,11-12H,3,7,9-10H2,1-2H3,(H,17,21)(H,19,20). The fourth-order valence-corrected chi connectivity index (χ4v) is 2.73. The monoisotopic (exact) mass is 306 g/mol.